The highest BCUT2D eigenvalue weighted by Gasteiger charge is 2.44. The van der Waals surface area contributed by atoms with Gasteiger partial charge in [-0.3, -0.25) is 0 Å². The molecule has 1 saturated carbocycles. The van der Waals surface area contributed by atoms with E-state index in [1.165, 1.54) is 15.6 Å². The topological polar surface area (TPSA) is 29.5 Å². The van der Waals surface area contributed by atoms with Crippen molar-refractivity contribution in [3.63, 3.8) is 0 Å². The van der Waals surface area contributed by atoms with Gasteiger partial charge >= 0.3 is 0 Å². The lowest BCUT2D eigenvalue weighted by Gasteiger charge is -2.33. The first-order chi connectivity index (χ1) is 14.8. The third kappa shape index (κ3) is 4.54. The summed E-state index contributed by atoms with van der Waals surface area (Å²) in [5.74, 6) is 1.11. The maximum Gasteiger partial charge on any atom is 0.288 e. The van der Waals surface area contributed by atoms with Gasteiger partial charge in [0.2, 0.25) is 0 Å². The Hall–Kier alpha value is -2.72. The zero-order chi connectivity index (χ0) is 20.7. The summed E-state index contributed by atoms with van der Waals surface area (Å²) in [5.41, 5.74) is 0. The predicted molar refractivity (Wildman–Crippen MR) is 127 cm³/mol. The second-order valence-electron chi connectivity index (χ2n) is 7.75. The fraction of sp³-hybridized carbons (Fsp3) is 0.185. The van der Waals surface area contributed by atoms with Crippen LogP contribution in [0.2, 0.25) is 0 Å². The van der Waals surface area contributed by atoms with Crippen LogP contribution in [0, 0.1) is 11.8 Å². The number of hydrogen-bond acceptors (Lipinski definition) is 2. The van der Waals surface area contributed by atoms with Crippen LogP contribution in [0.15, 0.2) is 115 Å². The van der Waals surface area contributed by atoms with Gasteiger partial charge in [0, 0.05) is 6.61 Å². The van der Waals surface area contributed by atoms with E-state index in [2.05, 4.69) is 97.1 Å². The number of benzene rings is 3. The van der Waals surface area contributed by atoms with Crippen molar-refractivity contribution >= 4 is 23.9 Å². The van der Waals surface area contributed by atoms with E-state index in [-0.39, 0.29) is 6.61 Å². The Morgan fingerprint density at radius 1 is 0.767 bits per heavy atom. The fourth-order valence-corrected chi connectivity index (χ4v) is 7.99. The average Bonchev–Trinajstić information content (AvgIpc) is 3.58. The third-order valence-corrected chi connectivity index (χ3v) is 9.78. The first-order valence-corrected chi connectivity index (χ1v) is 12.5. The number of allylic oxidation sites excluding steroid dienone is 3. The highest BCUT2D eigenvalue weighted by atomic mass is 28.4. The van der Waals surface area contributed by atoms with Gasteiger partial charge in [-0.2, -0.15) is 0 Å². The zero-order valence-electron chi connectivity index (χ0n) is 17.1. The van der Waals surface area contributed by atoms with E-state index >= 15 is 0 Å². The normalized spacial score (nSPS) is 18.8. The molecule has 4 rings (SSSR count). The van der Waals surface area contributed by atoms with Crippen LogP contribution in [0.4, 0.5) is 0 Å². The maximum atomic E-state index is 8.86. The summed E-state index contributed by atoms with van der Waals surface area (Å²) in [4.78, 5) is 0. The van der Waals surface area contributed by atoms with Gasteiger partial charge in [0.05, 0.1) is 6.61 Å². The summed E-state index contributed by atoms with van der Waals surface area (Å²) in [7, 11) is -2.59. The number of aliphatic hydroxyl groups excluding tert-OH is 1. The molecule has 3 heteroatoms. The van der Waals surface area contributed by atoms with Gasteiger partial charge in [0.15, 0.2) is 0 Å². The summed E-state index contributed by atoms with van der Waals surface area (Å²) in [5, 5.41) is 12.7. The molecule has 0 saturated heterocycles. The van der Waals surface area contributed by atoms with Crippen molar-refractivity contribution < 1.29 is 9.53 Å². The van der Waals surface area contributed by atoms with Gasteiger partial charge in [0.1, 0.15) is 0 Å². The quantitative estimate of drug-likeness (QED) is 0.332. The Bertz CT molecular complexity index is 871. The van der Waals surface area contributed by atoms with Gasteiger partial charge in [-0.05, 0) is 33.8 Å². The second kappa shape index (κ2) is 9.85. The Morgan fingerprint density at radius 2 is 1.27 bits per heavy atom. The minimum atomic E-state index is -2.59. The molecule has 30 heavy (non-hydrogen) atoms. The summed E-state index contributed by atoms with van der Waals surface area (Å²) in [6.45, 7) is 0.838. The Morgan fingerprint density at radius 3 is 1.73 bits per heavy atom. The van der Waals surface area contributed by atoms with Crippen molar-refractivity contribution in [2.75, 3.05) is 13.2 Å². The lowest BCUT2D eigenvalue weighted by Crippen LogP contribution is -2.69. The van der Waals surface area contributed by atoms with E-state index in [0.717, 1.165) is 13.0 Å². The third-order valence-electron chi connectivity index (χ3n) is 5.74. The Labute approximate surface area is 180 Å². The van der Waals surface area contributed by atoms with Crippen LogP contribution >= 0.6 is 0 Å². The number of hydrogen-bond donors (Lipinski definition) is 1. The molecule has 2 nitrogen and oxygen atoms in total. The van der Waals surface area contributed by atoms with E-state index in [9.17, 15) is 0 Å². The van der Waals surface area contributed by atoms with Crippen LogP contribution in [0.3, 0.4) is 0 Å². The Balaban J connectivity index is 1.66. The predicted octanol–water partition coefficient (Wildman–Crippen LogP) is 3.41. The average molecular weight is 413 g/mol. The fourth-order valence-electron chi connectivity index (χ4n) is 4.05. The van der Waals surface area contributed by atoms with Crippen LogP contribution in [0.5, 0.6) is 0 Å². The van der Waals surface area contributed by atoms with E-state index < -0.39 is 8.32 Å². The minimum absolute atomic E-state index is 0.0842. The lowest BCUT2D eigenvalue weighted by atomic mass is 10.3. The molecule has 1 aliphatic carbocycles. The first kappa shape index (κ1) is 20.5. The molecular formula is C27H28O2Si. The monoisotopic (exact) mass is 412 g/mol. The van der Waals surface area contributed by atoms with Crippen molar-refractivity contribution in [3.05, 3.63) is 115 Å². The smallest absolute Gasteiger partial charge is 0.288 e. The molecule has 0 amide bonds. The lowest BCUT2D eigenvalue weighted by molar-refractivity contribution is 0.300. The molecule has 152 valence electrons. The van der Waals surface area contributed by atoms with Crippen LogP contribution in [-0.4, -0.2) is 26.6 Å². The second-order valence-corrected chi connectivity index (χ2v) is 11.1. The van der Waals surface area contributed by atoms with E-state index in [4.69, 9.17) is 9.53 Å². The molecule has 2 atom stereocenters. The van der Waals surface area contributed by atoms with Gasteiger partial charge in [-0.15, -0.1) is 0 Å². The molecule has 0 radical (unpaired) electrons. The molecule has 1 aliphatic rings. The molecule has 0 unspecified atom stereocenters. The largest absolute Gasteiger partial charge is 0.404 e. The molecule has 3 aromatic rings. The first-order valence-electron chi connectivity index (χ1n) is 10.6. The standard InChI is InChI=1S/C27H28O2Si/c28-20-12-4-5-13-23-21-24(23)22-29-30(25-14-6-1-7-15-25,26-16-8-2-9-17-26)27-18-10-3-11-19-27/h1-19,23-24,28H,20-22H2/b12-4+,13-5+/t23-,24+/m0/s1. The van der Waals surface area contributed by atoms with Crippen molar-refractivity contribution in [3.8, 4) is 0 Å². The van der Waals surface area contributed by atoms with Gasteiger partial charge < -0.3 is 9.53 Å². The van der Waals surface area contributed by atoms with Crippen molar-refractivity contribution in [2.45, 2.75) is 6.42 Å². The Kier molecular flexibility index (Phi) is 6.75. The van der Waals surface area contributed by atoms with Gasteiger partial charge in [0.25, 0.3) is 8.32 Å². The molecule has 1 fully saturated rings. The van der Waals surface area contributed by atoms with Crippen molar-refractivity contribution in [2.24, 2.45) is 11.8 Å². The summed E-state index contributed by atoms with van der Waals surface area (Å²) >= 11 is 0. The van der Waals surface area contributed by atoms with Crippen LogP contribution in [0.25, 0.3) is 0 Å². The highest BCUT2D eigenvalue weighted by molar-refractivity contribution is 7.07. The number of rotatable bonds is 9. The van der Waals surface area contributed by atoms with Crippen LogP contribution < -0.4 is 15.6 Å². The molecule has 0 bridgehead atoms. The van der Waals surface area contributed by atoms with Crippen molar-refractivity contribution in [1.82, 2.24) is 0 Å². The van der Waals surface area contributed by atoms with Gasteiger partial charge in [-0.25, -0.2) is 0 Å². The maximum absolute atomic E-state index is 8.86. The number of aliphatic hydroxyl groups is 1. The summed E-state index contributed by atoms with van der Waals surface area (Å²) in [6, 6.07) is 32.2. The zero-order valence-corrected chi connectivity index (χ0v) is 18.1. The molecule has 0 aliphatic heterocycles. The van der Waals surface area contributed by atoms with Gasteiger partial charge in [-0.1, -0.05) is 115 Å². The SMILES string of the molecule is OC/C=C/C=C/[C@H]1C[C@@H]1CO[Si](c1ccccc1)(c1ccccc1)c1ccccc1. The molecular weight excluding hydrogens is 384 g/mol. The van der Waals surface area contributed by atoms with E-state index in [0.29, 0.717) is 11.8 Å². The van der Waals surface area contributed by atoms with E-state index in [1.54, 1.807) is 6.08 Å². The van der Waals surface area contributed by atoms with Crippen LogP contribution in [0.1, 0.15) is 6.42 Å². The molecule has 1 N–H and O–H groups in total. The minimum Gasteiger partial charge on any atom is -0.404 e. The highest BCUT2D eigenvalue weighted by Crippen LogP contribution is 2.40. The molecule has 3 aromatic carbocycles. The summed E-state index contributed by atoms with van der Waals surface area (Å²) < 4.78 is 7.02. The molecule has 0 spiro atoms. The molecule has 0 aromatic heterocycles. The van der Waals surface area contributed by atoms with Crippen LogP contribution in [-0.2, 0) is 4.43 Å². The van der Waals surface area contributed by atoms with E-state index in [1.807, 2.05) is 12.2 Å². The molecule has 0 heterocycles. The van der Waals surface area contributed by atoms with Crippen molar-refractivity contribution in [1.29, 1.82) is 0 Å². The summed E-state index contributed by atoms with van der Waals surface area (Å²) in [6.07, 6.45) is 9.09.